The summed E-state index contributed by atoms with van der Waals surface area (Å²) in [5.74, 6) is -0.667. The number of H-pyrrole nitrogens is 1. The van der Waals surface area contributed by atoms with Crippen LogP contribution < -0.4 is 17.0 Å². The summed E-state index contributed by atoms with van der Waals surface area (Å²) in [6.45, 7) is 4.30. The number of aromatic nitrogens is 2. The number of amides is 1. The Bertz CT molecular complexity index is 1080. The summed E-state index contributed by atoms with van der Waals surface area (Å²) in [6.07, 6.45) is 0.915. The van der Waals surface area contributed by atoms with Crippen molar-refractivity contribution in [1.29, 1.82) is 0 Å². The van der Waals surface area contributed by atoms with Crippen LogP contribution in [-0.4, -0.2) is 77.5 Å². The number of nitrogens with zero attached hydrogens (tertiary/aromatic N) is 3. The Hall–Kier alpha value is -3.24. The van der Waals surface area contributed by atoms with Crippen LogP contribution in [0.4, 0.5) is 5.82 Å². The van der Waals surface area contributed by atoms with Gasteiger partial charge in [0.05, 0.1) is 19.7 Å². The van der Waals surface area contributed by atoms with E-state index in [-0.39, 0.29) is 37.0 Å². The van der Waals surface area contributed by atoms with Gasteiger partial charge in [-0.25, -0.2) is 4.79 Å². The lowest BCUT2D eigenvalue weighted by molar-refractivity contribution is 0.0624. The number of benzene rings is 1. The number of hydrogen-bond acceptors (Lipinski definition) is 7. The number of rotatable bonds is 8. The molecule has 3 N–H and O–H groups in total. The molecule has 10 nitrogen and oxygen atoms in total. The fraction of sp³-hybridized carbons (Fsp3) is 0.455. The molecule has 172 valence electrons. The van der Waals surface area contributed by atoms with E-state index in [0.717, 1.165) is 11.0 Å². The first-order chi connectivity index (χ1) is 15.3. The maximum Gasteiger partial charge on any atom is 0.330 e. The molecule has 1 aliphatic heterocycles. The normalized spacial score (nSPS) is 14.5. The highest BCUT2D eigenvalue weighted by Gasteiger charge is 2.26. The number of anilines is 1. The molecule has 3 rings (SSSR count). The van der Waals surface area contributed by atoms with Gasteiger partial charge >= 0.3 is 5.69 Å². The van der Waals surface area contributed by atoms with Crippen LogP contribution in [0.3, 0.4) is 0 Å². The summed E-state index contributed by atoms with van der Waals surface area (Å²) in [6, 6.07) is 7.58. The molecule has 1 saturated heterocycles. The lowest BCUT2D eigenvalue weighted by Gasteiger charge is -2.34. The average molecular weight is 444 g/mol. The van der Waals surface area contributed by atoms with Crippen molar-refractivity contribution in [3.8, 4) is 0 Å². The fourth-order valence-corrected chi connectivity index (χ4v) is 3.72. The van der Waals surface area contributed by atoms with Crippen molar-refractivity contribution in [1.82, 2.24) is 19.4 Å². The van der Waals surface area contributed by atoms with Crippen LogP contribution in [0.1, 0.15) is 33.2 Å². The number of ketones is 1. The maximum absolute atomic E-state index is 12.8. The first-order valence-corrected chi connectivity index (χ1v) is 10.6. The van der Waals surface area contributed by atoms with E-state index < -0.39 is 17.0 Å². The van der Waals surface area contributed by atoms with Crippen molar-refractivity contribution in [2.45, 2.75) is 19.9 Å². The van der Waals surface area contributed by atoms with Gasteiger partial charge in [-0.15, -0.1) is 0 Å². The second kappa shape index (κ2) is 10.4. The highest BCUT2D eigenvalue weighted by atomic mass is 16.5. The van der Waals surface area contributed by atoms with Crippen LogP contribution in [0.25, 0.3) is 0 Å². The van der Waals surface area contributed by atoms with Crippen molar-refractivity contribution in [3.05, 3.63) is 61.8 Å². The molecule has 32 heavy (non-hydrogen) atoms. The average Bonchev–Trinajstić information content (AvgIpc) is 2.79. The zero-order chi connectivity index (χ0) is 23.3. The Morgan fingerprint density at radius 2 is 1.75 bits per heavy atom. The zero-order valence-electron chi connectivity index (χ0n) is 18.4. The number of carbonyl (C=O) groups is 2. The van der Waals surface area contributed by atoms with Crippen LogP contribution in [0.5, 0.6) is 0 Å². The van der Waals surface area contributed by atoms with Crippen LogP contribution in [0.2, 0.25) is 0 Å². The van der Waals surface area contributed by atoms with Crippen molar-refractivity contribution < 1.29 is 14.3 Å². The molecule has 1 aromatic carbocycles. The van der Waals surface area contributed by atoms with E-state index in [1.165, 1.54) is 12.7 Å². The molecule has 2 aromatic rings. The van der Waals surface area contributed by atoms with Gasteiger partial charge < -0.3 is 15.4 Å². The van der Waals surface area contributed by atoms with Gasteiger partial charge in [0.15, 0.2) is 5.78 Å². The summed E-state index contributed by atoms with van der Waals surface area (Å²) >= 11 is 0. The molecular weight excluding hydrogens is 414 g/mol. The number of ether oxygens (including phenoxy) is 1. The topological polar surface area (TPSA) is 131 Å². The number of methoxy groups -OCH3 is 1. The Morgan fingerprint density at radius 3 is 2.34 bits per heavy atom. The van der Waals surface area contributed by atoms with E-state index >= 15 is 0 Å². The molecule has 1 aromatic heterocycles. The predicted molar refractivity (Wildman–Crippen MR) is 120 cm³/mol. The van der Waals surface area contributed by atoms with Gasteiger partial charge in [0.25, 0.3) is 11.5 Å². The molecule has 0 spiro atoms. The molecular formula is C22H29N5O5. The Labute approximate surface area is 185 Å². The van der Waals surface area contributed by atoms with E-state index in [4.69, 9.17) is 10.5 Å². The van der Waals surface area contributed by atoms with Crippen LogP contribution in [0.15, 0.2) is 33.9 Å². The Kier molecular flexibility index (Phi) is 7.60. The van der Waals surface area contributed by atoms with Crippen LogP contribution >= 0.6 is 0 Å². The molecule has 0 unspecified atom stereocenters. The number of Topliss-reactive ketones (excluding diaryl/α,β-unsaturated/α-hetero) is 1. The Morgan fingerprint density at radius 1 is 1.09 bits per heavy atom. The quantitative estimate of drug-likeness (QED) is 0.548. The molecule has 0 atom stereocenters. The van der Waals surface area contributed by atoms with Crippen LogP contribution in [0, 0.1) is 0 Å². The van der Waals surface area contributed by atoms with Gasteiger partial charge in [0, 0.05) is 38.9 Å². The number of aryl methyl sites for hydroxylation is 1. The minimum Gasteiger partial charge on any atom is -0.384 e. The van der Waals surface area contributed by atoms with Crippen molar-refractivity contribution in [2.24, 2.45) is 0 Å². The summed E-state index contributed by atoms with van der Waals surface area (Å²) in [5, 5.41) is 0. The zero-order valence-corrected chi connectivity index (χ0v) is 18.4. The number of carbonyl (C=O) groups excluding carboxylic acids is 2. The van der Waals surface area contributed by atoms with Gasteiger partial charge in [-0.1, -0.05) is 19.1 Å². The number of hydrogen-bond donors (Lipinski definition) is 2. The summed E-state index contributed by atoms with van der Waals surface area (Å²) in [5.41, 5.74) is 6.09. The lowest BCUT2D eigenvalue weighted by Crippen LogP contribution is -2.50. The third-order valence-corrected chi connectivity index (χ3v) is 5.67. The summed E-state index contributed by atoms with van der Waals surface area (Å²) < 4.78 is 6.07. The number of nitrogens with two attached hydrogens (primary N) is 1. The smallest absolute Gasteiger partial charge is 0.330 e. The maximum atomic E-state index is 12.8. The number of nitrogens with one attached hydrogen (secondary N) is 1. The van der Waals surface area contributed by atoms with E-state index in [1.807, 2.05) is 29.2 Å². The fourth-order valence-electron chi connectivity index (χ4n) is 3.72. The van der Waals surface area contributed by atoms with E-state index in [1.54, 1.807) is 4.90 Å². The monoisotopic (exact) mass is 443 g/mol. The van der Waals surface area contributed by atoms with E-state index in [0.29, 0.717) is 31.7 Å². The Balaban J connectivity index is 1.64. The third-order valence-electron chi connectivity index (χ3n) is 5.67. The highest BCUT2D eigenvalue weighted by Crippen LogP contribution is 2.12. The minimum atomic E-state index is -0.796. The largest absolute Gasteiger partial charge is 0.384 e. The SMILES string of the molecule is CCc1ccc(C(=O)N2CCN(CC(=O)c3c(N)n(CCOC)c(=O)[nH]c3=O)CC2)cc1. The standard InChI is InChI=1S/C22H29N5O5/c1-3-15-4-6-16(7-5-15)21(30)26-10-8-25(9-11-26)14-17(28)18-19(23)27(12-13-32-2)22(31)24-20(18)29/h4-7H,3,8-14,23H2,1-2H3,(H,24,29,31). The highest BCUT2D eigenvalue weighted by molar-refractivity contribution is 6.01. The molecule has 0 aliphatic carbocycles. The van der Waals surface area contributed by atoms with Crippen LogP contribution in [-0.2, 0) is 17.7 Å². The summed E-state index contributed by atoms with van der Waals surface area (Å²) in [4.78, 5) is 55.6. The van der Waals surface area contributed by atoms with E-state index in [9.17, 15) is 19.2 Å². The van der Waals surface area contributed by atoms with Crippen molar-refractivity contribution in [3.63, 3.8) is 0 Å². The second-order valence-corrected chi connectivity index (χ2v) is 7.71. The molecule has 2 heterocycles. The van der Waals surface area contributed by atoms with Crippen molar-refractivity contribution in [2.75, 3.05) is 52.2 Å². The van der Waals surface area contributed by atoms with Gasteiger partial charge in [-0.3, -0.25) is 28.8 Å². The van der Waals surface area contributed by atoms with Gasteiger partial charge in [0.1, 0.15) is 11.4 Å². The predicted octanol–water partition coefficient (Wildman–Crippen LogP) is -0.0317. The minimum absolute atomic E-state index is 0.0248. The molecule has 10 heteroatoms. The van der Waals surface area contributed by atoms with E-state index in [2.05, 4.69) is 11.9 Å². The molecule has 0 radical (unpaired) electrons. The molecule has 1 amide bonds. The summed E-state index contributed by atoms with van der Waals surface area (Å²) in [7, 11) is 1.48. The molecule has 0 bridgehead atoms. The third kappa shape index (κ3) is 5.14. The first-order valence-electron chi connectivity index (χ1n) is 10.6. The molecule has 1 fully saturated rings. The number of piperazine rings is 1. The van der Waals surface area contributed by atoms with Crippen molar-refractivity contribution >= 4 is 17.5 Å². The lowest BCUT2D eigenvalue weighted by atomic mass is 10.1. The van der Waals surface area contributed by atoms with Gasteiger partial charge in [0.2, 0.25) is 0 Å². The molecule has 0 saturated carbocycles. The molecule has 1 aliphatic rings. The number of aromatic amines is 1. The first kappa shape index (κ1) is 23.4. The second-order valence-electron chi connectivity index (χ2n) is 7.71. The number of nitrogen functional groups attached to an aromatic ring is 1. The van der Waals surface area contributed by atoms with Gasteiger partial charge in [-0.2, -0.15) is 0 Å². The van der Waals surface area contributed by atoms with Gasteiger partial charge in [-0.05, 0) is 24.1 Å².